The van der Waals surface area contributed by atoms with Crippen LogP contribution in [-0.4, -0.2) is 64.0 Å². The summed E-state index contributed by atoms with van der Waals surface area (Å²) in [5.41, 5.74) is 1.55. The second-order valence-corrected chi connectivity index (χ2v) is 14.4. The Labute approximate surface area is 266 Å². The lowest BCUT2D eigenvalue weighted by Crippen LogP contribution is -2.56. The van der Waals surface area contributed by atoms with Gasteiger partial charge in [0.05, 0.1) is 6.04 Å². The molecule has 5 atom stereocenters. The number of aromatic nitrogens is 1. The number of halogens is 1. The molecule has 3 fully saturated rings. The van der Waals surface area contributed by atoms with Crippen molar-refractivity contribution in [3.05, 3.63) is 65.2 Å². The normalized spacial score (nSPS) is 23.2. The maximum absolute atomic E-state index is 14.3. The third kappa shape index (κ3) is 7.28. The first-order valence-corrected chi connectivity index (χ1v) is 16.5. The molecule has 3 amide bonds. The van der Waals surface area contributed by atoms with Gasteiger partial charge in [-0.05, 0) is 92.2 Å². The summed E-state index contributed by atoms with van der Waals surface area (Å²) in [5, 5.41) is 3.10. The fourth-order valence-electron chi connectivity index (χ4n) is 7.26. The van der Waals surface area contributed by atoms with Gasteiger partial charge in [0.15, 0.2) is 5.78 Å². The second kappa shape index (κ2) is 13.4. The van der Waals surface area contributed by atoms with Crippen LogP contribution in [0, 0.1) is 29.0 Å². The van der Waals surface area contributed by atoms with Gasteiger partial charge in [-0.2, -0.15) is 0 Å². The minimum Gasteiger partial charge on any atom is -0.342 e. The smallest absolute Gasteiger partial charge is 0.245 e. The molecule has 0 spiro atoms. The molecule has 5 rings (SSSR count). The monoisotopic (exact) mass is 618 g/mol. The van der Waals surface area contributed by atoms with Crippen LogP contribution in [0.15, 0.2) is 42.7 Å². The SMILES string of the molecule is C[C@@H](C(=O)N[C@H](C(=O)N1CCC[C@H]1c1cncc(C(=O)c2ccc(F)cc2)c1)C1CCCCC1)N(C)C(=O)[C@@H]1CC1C(C)(C)C. The number of carbonyl (C=O) groups is 4. The van der Waals surface area contributed by atoms with E-state index in [0.29, 0.717) is 23.6 Å². The van der Waals surface area contributed by atoms with Crippen molar-refractivity contribution in [1.82, 2.24) is 20.1 Å². The maximum atomic E-state index is 14.3. The van der Waals surface area contributed by atoms with Crippen molar-refractivity contribution < 1.29 is 23.6 Å². The van der Waals surface area contributed by atoms with Crippen molar-refractivity contribution in [3.8, 4) is 0 Å². The van der Waals surface area contributed by atoms with Gasteiger partial charge in [-0.25, -0.2) is 4.39 Å². The highest BCUT2D eigenvalue weighted by Gasteiger charge is 2.51. The molecule has 1 aromatic heterocycles. The number of carbonyl (C=O) groups excluding carboxylic acids is 4. The van der Waals surface area contributed by atoms with Crippen LogP contribution in [0.2, 0.25) is 0 Å². The second-order valence-electron chi connectivity index (χ2n) is 14.4. The van der Waals surface area contributed by atoms with E-state index in [-0.39, 0.29) is 46.8 Å². The van der Waals surface area contributed by atoms with E-state index in [1.165, 1.54) is 30.5 Å². The number of amides is 3. The Balaban J connectivity index is 1.32. The zero-order valence-corrected chi connectivity index (χ0v) is 27.2. The minimum absolute atomic E-state index is 0.0136. The van der Waals surface area contributed by atoms with E-state index in [1.807, 2.05) is 4.90 Å². The summed E-state index contributed by atoms with van der Waals surface area (Å²) in [6, 6.07) is 5.51. The van der Waals surface area contributed by atoms with Crippen molar-refractivity contribution in [3.63, 3.8) is 0 Å². The van der Waals surface area contributed by atoms with Crippen molar-refractivity contribution >= 4 is 23.5 Å². The van der Waals surface area contributed by atoms with Crippen LogP contribution < -0.4 is 5.32 Å². The average Bonchev–Trinajstić information content (AvgIpc) is 3.72. The Hall–Kier alpha value is -3.62. The molecule has 2 heterocycles. The fourth-order valence-corrected chi connectivity index (χ4v) is 7.26. The van der Waals surface area contributed by atoms with Gasteiger partial charge >= 0.3 is 0 Å². The van der Waals surface area contributed by atoms with E-state index in [0.717, 1.165) is 56.9 Å². The first-order valence-electron chi connectivity index (χ1n) is 16.5. The number of benzene rings is 1. The van der Waals surface area contributed by atoms with Crippen molar-refractivity contribution in [2.24, 2.45) is 23.2 Å². The Morgan fingerprint density at radius 3 is 2.31 bits per heavy atom. The molecule has 3 aliphatic rings. The molecule has 1 aromatic carbocycles. The van der Waals surface area contributed by atoms with Gasteiger partial charge in [-0.15, -0.1) is 0 Å². The number of likely N-dealkylation sites (N-methyl/N-ethyl adjacent to an activating group) is 1. The highest BCUT2D eigenvalue weighted by atomic mass is 19.1. The van der Waals surface area contributed by atoms with Crippen molar-refractivity contribution in [2.45, 2.75) is 97.2 Å². The van der Waals surface area contributed by atoms with Crippen molar-refractivity contribution in [1.29, 1.82) is 0 Å². The number of likely N-dealkylation sites (tertiary alicyclic amines) is 1. The van der Waals surface area contributed by atoms with Crippen LogP contribution in [0.1, 0.15) is 107 Å². The first kappa shape index (κ1) is 32.8. The van der Waals surface area contributed by atoms with Crippen LogP contribution in [0.4, 0.5) is 4.39 Å². The molecule has 0 radical (unpaired) electrons. The quantitative estimate of drug-likeness (QED) is 0.363. The minimum atomic E-state index is -0.703. The Morgan fingerprint density at radius 1 is 0.978 bits per heavy atom. The van der Waals surface area contributed by atoms with E-state index in [4.69, 9.17) is 0 Å². The zero-order chi connectivity index (χ0) is 32.5. The summed E-state index contributed by atoms with van der Waals surface area (Å²) in [4.78, 5) is 62.1. The largest absolute Gasteiger partial charge is 0.342 e. The summed E-state index contributed by atoms with van der Waals surface area (Å²) in [6.07, 6.45) is 10.4. The molecular weight excluding hydrogens is 571 g/mol. The third-order valence-electron chi connectivity index (χ3n) is 10.3. The molecule has 1 N–H and O–H groups in total. The number of hydrogen-bond donors (Lipinski definition) is 1. The van der Waals surface area contributed by atoms with Gasteiger partial charge in [0.1, 0.15) is 17.9 Å². The summed E-state index contributed by atoms with van der Waals surface area (Å²) < 4.78 is 13.4. The number of nitrogens with zero attached hydrogens (tertiary/aromatic N) is 3. The number of hydrogen-bond acceptors (Lipinski definition) is 5. The number of nitrogens with one attached hydrogen (secondary N) is 1. The van der Waals surface area contributed by atoms with E-state index >= 15 is 0 Å². The van der Waals surface area contributed by atoms with E-state index in [2.05, 4.69) is 31.1 Å². The van der Waals surface area contributed by atoms with Crippen molar-refractivity contribution in [2.75, 3.05) is 13.6 Å². The summed E-state index contributed by atoms with van der Waals surface area (Å²) in [7, 11) is 1.69. The number of pyridine rings is 1. The predicted octanol–water partition coefficient (Wildman–Crippen LogP) is 5.71. The lowest BCUT2D eigenvalue weighted by Gasteiger charge is -2.36. The molecule has 2 saturated carbocycles. The Morgan fingerprint density at radius 2 is 1.67 bits per heavy atom. The summed E-state index contributed by atoms with van der Waals surface area (Å²) in [6.45, 7) is 8.70. The fraction of sp³-hybridized carbons (Fsp3) is 0.583. The molecule has 0 bridgehead atoms. The Kier molecular flexibility index (Phi) is 9.75. The molecule has 2 aromatic rings. The summed E-state index contributed by atoms with van der Waals surface area (Å²) in [5.74, 6) is -0.862. The van der Waals surface area contributed by atoms with E-state index in [1.54, 1.807) is 31.1 Å². The molecule has 2 aliphatic carbocycles. The lowest BCUT2D eigenvalue weighted by molar-refractivity contribution is -0.143. The van der Waals surface area contributed by atoms with E-state index in [9.17, 15) is 23.6 Å². The molecule has 45 heavy (non-hydrogen) atoms. The van der Waals surface area contributed by atoms with Gasteiger partial charge in [0, 0.05) is 43.0 Å². The van der Waals surface area contributed by atoms with Crippen LogP contribution in [-0.2, 0) is 14.4 Å². The van der Waals surface area contributed by atoms with Gasteiger partial charge in [-0.1, -0.05) is 40.0 Å². The van der Waals surface area contributed by atoms with E-state index < -0.39 is 17.9 Å². The third-order valence-corrected chi connectivity index (χ3v) is 10.3. The van der Waals surface area contributed by atoms with Crippen LogP contribution in [0.5, 0.6) is 0 Å². The topological polar surface area (TPSA) is 99.7 Å². The van der Waals surface area contributed by atoms with Gasteiger partial charge in [0.2, 0.25) is 17.7 Å². The molecule has 1 saturated heterocycles. The van der Waals surface area contributed by atoms with Crippen LogP contribution in [0.3, 0.4) is 0 Å². The van der Waals surface area contributed by atoms with Crippen LogP contribution >= 0.6 is 0 Å². The molecule has 1 aliphatic heterocycles. The average molecular weight is 619 g/mol. The molecule has 8 nitrogen and oxygen atoms in total. The van der Waals surface area contributed by atoms with Gasteiger partial charge < -0.3 is 15.1 Å². The maximum Gasteiger partial charge on any atom is 0.245 e. The Bertz CT molecular complexity index is 1410. The molecular formula is C36H47FN4O4. The molecule has 242 valence electrons. The van der Waals surface area contributed by atoms with Gasteiger partial charge in [0.25, 0.3) is 0 Å². The standard InChI is InChI=1S/C36H47FN4O4/c1-22(40(5)34(44)28-19-29(28)36(2,3)4)33(43)39-31(23-10-7-6-8-11-23)35(45)41-17-9-12-30(41)25-18-26(21-38-20-25)32(42)24-13-15-27(37)16-14-24/h13-16,18,20-23,28-31H,6-12,17,19H2,1-5H3,(H,39,43)/t22-,28+,29?,30-,31-/m0/s1. The summed E-state index contributed by atoms with van der Waals surface area (Å²) >= 11 is 0. The molecule has 1 unspecified atom stereocenters. The first-order chi connectivity index (χ1) is 21.4. The zero-order valence-electron chi connectivity index (χ0n) is 27.2. The number of rotatable bonds is 9. The highest BCUT2D eigenvalue weighted by molar-refractivity contribution is 6.08. The lowest BCUT2D eigenvalue weighted by atomic mass is 9.83. The number of ketones is 1. The van der Waals surface area contributed by atoms with Crippen LogP contribution in [0.25, 0.3) is 0 Å². The molecule has 9 heteroatoms. The van der Waals surface area contributed by atoms with Gasteiger partial charge in [-0.3, -0.25) is 24.2 Å². The predicted molar refractivity (Wildman–Crippen MR) is 170 cm³/mol. The highest BCUT2D eigenvalue weighted by Crippen LogP contribution is 2.51.